The molecule has 60 heavy (non-hydrogen) atoms. The average Bonchev–Trinajstić information content (AvgIpc) is 3.35. The molecule has 0 saturated heterocycles. The fraction of sp³-hybridized carbons (Fsp3) is 0.0370. The van der Waals surface area contributed by atoms with Gasteiger partial charge in [-0.25, -0.2) is 29.9 Å². The Morgan fingerprint density at radius 1 is 0.250 bits per heavy atom. The van der Waals surface area contributed by atoms with Gasteiger partial charge in [0.1, 0.15) is 0 Å². The SMILES string of the molecule is C1=CC(c2ccc(-c3nc(-c4ccccc4)nc(-c4ccccc4)n3)cc2)C(c2ccccc2-c2ccc(-c3nc(-c4ccccc4)nc(-c4ccccc4)n3)cc2)C=C1. The number of hydrogen-bond acceptors (Lipinski definition) is 6. The number of benzene rings is 7. The molecule has 0 aliphatic heterocycles. The van der Waals surface area contributed by atoms with E-state index in [9.17, 15) is 0 Å². The van der Waals surface area contributed by atoms with Gasteiger partial charge in [0.15, 0.2) is 34.9 Å². The molecule has 10 rings (SSSR count). The lowest BCUT2D eigenvalue weighted by Crippen LogP contribution is -2.11. The van der Waals surface area contributed by atoms with Gasteiger partial charge in [-0.15, -0.1) is 0 Å². The van der Waals surface area contributed by atoms with Gasteiger partial charge in [0, 0.05) is 45.2 Å². The number of allylic oxidation sites excluding steroid dienone is 4. The molecule has 0 spiro atoms. The van der Waals surface area contributed by atoms with Gasteiger partial charge in [-0.05, 0) is 22.3 Å². The van der Waals surface area contributed by atoms with Crippen LogP contribution in [0.5, 0.6) is 0 Å². The van der Waals surface area contributed by atoms with Crippen LogP contribution in [0.15, 0.2) is 218 Å². The van der Waals surface area contributed by atoms with Crippen LogP contribution in [0.3, 0.4) is 0 Å². The fourth-order valence-corrected chi connectivity index (χ4v) is 7.80. The minimum absolute atomic E-state index is 0.119. The smallest absolute Gasteiger partial charge is 0.164 e. The quantitative estimate of drug-likeness (QED) is 0.145. The normalized spacial score (nSPS) is 14.5. The number of nitrogens with zero attached hydrogens (tertiary/aromatic N) is 6. The van der Waals surface area contributed by atoms with Gasteiger partial charge in [0.25, 0.3) is 0 Å². The van der Waals surface area contributed by atoms with Crippen molar-refractivity contribution in [2.75, 3.05) is 0 Å². The van der Waals surface area contributed by atoms with E-state index in [0.717, 1.165) is 38.9 Å². The molecule has 2 unspecified atom stereocenters. The summed E-state index contributed by atoms with van der Waals surface area (Å²) >= 11 is 0. The van der Waals surface area contributed by atoms with E-state index in [0.29, 0.717) is 34.9 Å². The first-order chi connectivity index (χ1) is 29.7. The highest BCUT2D eigenvalue weighted by Crippen LogP contribution is 2.42. The fourth-order valence-electron chi connectivity index (χ4n) is 7.80. The third-order valence-corrected chi connectivity index (χ3v) is 10.9. The minimum Gasteiger partial charge on any atom is -0.208 e. The summed E-state index contributed by atoms with van der Waals surface area (Å²) in [6, 6.07) is 66.3. The predicted octanol–water partition coefficient (Wildman–Crippen LogP) is 12.7. The molecule has 0 bridgehead atoms. The van der Waals surface area contributed by atoms with Gasteiger partial charge < -0.3 is 0 Å². The first-order valence-electron chi connectivity index (χ1n) is 20.1. The average molecular weight is 771 g/mol. The molecule has 2 atom stereocenters. The molecule has 0 radical (unpaired) electrons. The molecule has 9 aromatic rings. The first-order valence-corrected chi connectivity index (χ1v) is 20.1. The molecule has 0 amide bonds. The van der Waals surface area contributed by atoms with Gasteiger partial charge in [-0.1, -0.05) is 218 Å². The maximum Gasteiger partial charge on any atom is 0.164 e. The van der Waals surface area contributed by atoms with Crippen molar-refractivity contribution in [1.82, 2.24) is 29.9 Å². The second-order valence-electron chi connectivity index (χ2n) is 14.7. The Hall–Kier alpha value is -7.96. The zero-order valence-corrected chi connectivity index (χ0v) is 32.6. The lowest BCUT2D eigenvalue weighted by atomic mass is 9.76. The minimum atomic E-state index is 0.119. The maximum absolute atomic E-state index is 4.95. The highest BCUT2D eigenvalue weighted by atomic mass is 15.0. The molecule has 1 aliphatic rings. The molecule has 0 saturated carbocycles. The third kappa shape index (κ3) is 7.58. The first kappa shape index (κ1) is 36.4. The van der Waals surface area contributed by atoms with Crippen LogP contribution in [0.4, 0.5) is 0 Å². The van der Waals surface area contributed by atoms with Crippen LogP contribution in [0, 0.1) is 0 Å². The van der Waals surface area contributed by atoms with Gasteiger partial charge >= 0.3 is 0 Å². The third-order valence-electron chi connectivity index (χ3n) is 10.9. The summed E-state index contributed by atoms with van der Waals surface area (Å²) < 4.78 is 0. The van der Waals surface area contributed by atoms with Crippen molar-refractivity contribution in [2.24, 2.45) is 0 Å². The van der Waals surface area contributed by atoms with Crippen LogP contribution in [0.1, 0.15) is 23.0 Å². The Bertz CT molecular complexity index is 2830. The van der Waals surface area contributed by atoms with Gasteiger partial charge in [-0.2, -0.15) is 0 Å². The highest BCUT2D eigenvalue weighted by Gasteiger charge is 2.25. The number of hydrogen-bond donors (Lipinski definition) is 0. The summed E-state index contributed by atoms with van der Waals surface area (Å²) in [6.07, 6.45) is 8.93. The van der Waals surface area contributed by atoms with E-state index in [4.69, 9.17) is 29.9 Å². The van der Waals surface area contributed by atoms with E-state index < -0.39 is 0 Å². The maximum atomic E-state index is 4.95. The Morgan fingerprint density at radius 3 is 0.950 bits per heavy atom. The zero-order valence-electron chi connectivity index (χ0n) is 32.6. The summed E-state index contributed by atoms with van der Waals surface area (Å²) in [7, 11) is 0. The lowest BCUT2D eigenvalue weighted by Gasteiger charge is -2.27. The molecule has 7 aromatic carbocycles. The molecule has 2 aromatic heterocycles. The molecular weight excluding hydrogens is 733 g/mol. The van der Waals surface area contributed by atoms with Gasteiger partial charge in [0.05, 0.1) is 0 Å². The van der Waals surface area contributed by atoms with Crippen molar-refractivity contribution in [1.29, 1.82) is 0 Å². The Labute approximate surface area is 349 Å². The Kier molecular flexibility index (Phi) is 10.00. The molecule has 0 N–H and O–H groups in total. The monoisotopic (exact) mass is 770 g/mol. The van der Waals surface area contributed by atoms with Crippen molar-refractivity contribution >= 4 is 0 Å². The zero-order chi connectivity index (χ0) is 40.1. The molecule has 1 aliphatic carbocycles. The Morgan fingerprint density at radius 2 is 0.550 bits per heavy atom. The standard InChI is InChI=1S/C54H38N6/c1-5-17-39(18-6-1)49-55-50(40-19-7-2-8-20-40)58-53(57-49)43-33-29-37(30-34-43)45-25-13-15-27-47(45)48-28-16-14-26-46(48)38-31-35-44(36-32-38)54-59-51(41-21-9-3-10-22-41)56-52(60-54)42-23-11-4-12-24-42/h1-36,45,47H. The highest BCUT2D eigenvalue weighted by molar-refractivity contribution is 5.74. The van der Waals surface area contributed by atoms with E-state index in [1.165, 1.54) is 16.7 Å². The summed E-state index contributed by atoms with van der Waals surface area (Å²) in [5.41, 5.74) is 10.5. The second-order valence-corrected chi connectivity index (χ2v) is 14.7. The van der Waals surface area contributed by atoms with Crippen LogP contribution < -0.4 is 0 Å². The predicted molar refractivity (Wildman–Crippen MR) is 241 cm³/mol. The number of rotatable bonds is 9. The second kappa shape index (κ2) is 16.5. The van der Waals surface area contributed by atoms with Crippen LogP contribution in [0.25, 0.3) is 79.5 Å². The molecule has 6 heteroatoms. The molecule has 0 fully saturated rings. The summed E-state index contributed by atoms with van der Waals surface area (Å²) in [5.74, 6) is 4.11. The largest absolute Gasteiger partial charge is 0.208 e. The Balaban J connectivity index is 0.959. The van der Waals surface area contributed by atoms with Crippen LogP contribution in [-0.4, -0.2) is 29.9 Å². The number of aromatic nitrogens is 6. The van der Waals surface area contributed by atoms with Crippen molar-refractivity contribution in [3.63, 3.8) is 0 Å². The van der Waals surface area contributed by atoms with E-state index in [1.807, 2.05) is 121 Å². The molecular formula is C54H38N6. The summed E-state index contributed by atoms with van der Waals surface area (Å²) in [6.45, 7) is 0. The van der Waals surface area contributed by atoms with Crippen LogP contribution in [0.2, 0.25) is 0 Å². The lowest BCUT2D eigenvalue weighted by molar-refractivity contribution is 0.731. The van der Waals surface area contributed by atoms with Crippen LogP contribution >= 0.6 is 0 Å². The van der Waals surface area contributed by atoms with E-state index in [-0.39, 0.29) is 11.8 Å². The van der Waals surface area contributed by atoms with Crippen molar-refractivity contribution in [3.8, 4) is 79.5 Å². The van der Waals surface area contributed by atoms with E-state index in [2.05, 4.69) is 97.1 Å². The van der Waals surface area contributed by atoms with Crippen molar-refractivity contribution < 1.29 is 0 Å². The van der Waals surface area contributed by atoms with Gasteiger partial charge in [0.2, 0.25) is 0 Å². The van der Waals surface area contributed by atoms with Gasteiger partial charge in [-0.3, -0.25) is 0 Å². The van der Waals surface area contributed by atoms with E-state index in [1.54, 1.807) is 0 Å². The summed E-state index contributed by atoms with van der Waals surface area (Å²) in [4.78, 5) is 29.5. The molecule has 2 heterocycles. The molecule has 6 nitrogen and oxygen atoms in total. The van der Waals surface area contributed by atoms with Crippen LogP contribution in [-0.2, 0) is 0 Å². The van der Waals surface area contributed by atoms with E-state index >= 15 is 0 Å². The van der Waals surface area contributed by atoms with Crippen molar-refractivity contribution in [3.05, 3.63) is 230 Å². The molecule has 284 valence electrons. The summed E-state index contributed by atoms with van der Waals surface area (Å²) in [5, 5.41) is 0. The topological polar surface area (TPSA) is 77.3 Å². The van der Waals surface area contributed by atoms with Crippen molar-refractivity contribution in [2.45, 2.75) is 11.8 Å².